The molecule has 0 heterocycles. The SMILES string of the molecule is COc1ccc(C#CCN(CC=C(C)C)S(=O)(=O)c2ccc([N+](=O)[O-])cc2)cc1. The molecule has 0 N–H and O–H groups in total. The molecule has 0 bridgehead atoms. The molecular formula is C21H22N2O5S. The van der Waals surface area contributed by atoms with Gasteiger partial charge in [0.05, 0.1) is 23.5 Å². The van der Waals surface area contributed by atoms with Crippen LogP contribution < -0.4 is 4.74 Å². The van der Waals surface area contributed by atoms with Gasteiger partial charge < -0.3 is 4.74 Å². The molecule has 7 nitrogen and oxygen atoms in total. The lowest BCUT2D eigenvalue weighted by Crippen LogP contribution is -2.32. The van der Waals surface area contributed by atoms with Crippen molar-refractivity contribution in [1.29, 1.82) is 0 Å². The van der Waals surface area contributed by atoms with Crippen LogP contribution in [-0.2, 0) is 10.0 Å². The summed E-state index contributed by atoms with van der Waals surface area (Å²) in [6.07, 6.45) is 1.79. The molecule has 8 heteroatoms. The molecule has 0 radical (unpaired) electrons. The second kappa shape index (κ2) is 9.87. The number of rotatable bonds is 7. The third-order valence-electron chi connectivity index (χ3n) is 3.97. The lowest BCUT2D eigenvalue weighted by molar-refractivity contribution is -0.384. The van der Waals surface area contributed by atoms with E-state index in [4.69, 9.17) is 4.74 Å². The quantitative estimate of drug-likeness (QED) is 0.299. The number of non-ortho nitro benzene ring substituents is 1. The molecule has 0 saturated carbocycles. The minimum atomic E-state index is -3.86. The molecule has 0 spiro atoms. The van der Waals surface area contributed by atoms with Crippen LogP contribution in [-0.4, -0.2) is 37.8 Å². The summed E-state index contributed by atoms with van der Waals surface area (Å²) in [5.41, 5.74) is 1.54. The van der Waals surface area contributed by atoms with Gasteiger partial charge in [0.1, 0.15) is 5.75 Å². The molecule has 0 aliphatic carbocycles. The Bertz CT molecular complexity index is 1040. The first kappa shape index (κ1) is 22.1. The Hall–Kier alpha value is -3.15. The topological polar surface area (TPSA) is 89.8 Å². The van der Waals surface area contributed by atoms with Crippen molar-refractivity contribution in [3.63, 3.8) is 0 Å². The lowest BCUT2D eigenvalue weighted by Gasteiger charge is -2.18. The van der Waals surface area contributed by atoms with Gasteiger partial charge >= 0.3 is 0 Å². The van der Waals surface area contributed by atoms with Gasteiger partial charge in [0.2, 0.25) is 10.0 Å². The lowest BCUT2D eigenvalue weighted by atomic mass is 10.2. The summed E-state index contributed by atoms with van der Waals surface area (Å²) in [5, 5.41) is 10.8. The Morgan fingerprint density at radius 1 is 1.14 bits per heavy atom. The van der Waals surface area contributed by atoms with Gasteiger partial charge in [-0.25, -0.2) is 8.42 Å². The Labute approximate surface area is 170 Å². The van der Waals surface area contributed by atoms with E-state index in [0.29, 0.717) is 5.75 Å². The van der Waals surface area contributed by atoms with Gasteiger partial charge in [-0.3, -0.25) is 10.1 Å². The normalized spacial score (nSPS) is 10.8. The number of methoxy groups -OCH3 is 1. The first-order valence-electron chi connectivity index (χ1n) is 8.75. The molecule has 2 aromatic rings. The smallest absolute Gasteiger partial charge is 0.269 e. The summed E-state index contributed by atoms with van der Waals surface area (Å²) < 4.78 is 32.3. The van der Waals surface area contributed by atoms with Crippen LogP contribution in [0, 0.1) is 22.0 Å². The highest BCUT2D eigenvalue weighted by molar-refractivity contribution is 7.89. The van der Waals surface area contributed by atoms with E-state index in [2.05, 4.69) is 11.8 Å². The van der Waals surface area contributed by atoms with Crippen molar-refractivity contribution in [2.24, 2.45) is 0 Å². The van der Waals surface area contributed by atoms with Gasteiger partial charge in [-0.15, -0.1) is 0 Å². The molecule has 0 atom stereocenters. The Kier molecular flexibility index (Phi) is 7.53. The van der Waals surface area contributed by atoms with Crippen LogP contribution in [0.15, 0.2) is 65.1 Å². The number of nitrogens with zero attached hydrogens (tertiary/aromatic N) is 2. The Balaban J connectivity index is 2.27. The van der Waals surface area contributed by atoms with Crippen LogP contribution in [0.1, 0.15) is 19.4 Å². The highest BCUT2D eigenvalue weighted by Crippen LogP contribution is 2.19. The highest BCUT2D eigenvalue weighted by atomic mass is 32.2. The zero-order chi connectivity index (χ0) is 21.4. The van der Waals surface area contributed by atoms with E-state index < -0.39 is 14.9 Å². The van der Waals surface area contributed by atoms with E-state index in [1.54, 1.807) is 37.5 Å². The van der Waals surface area contributed by atoms with E-state index in [-0.39, 0.29) is 23.7 Å². The molecule has 0 aliphatic rings. The van der Waals surface area contributed by atoms with E-state index in [1.807, 2.05) is 13.8 Å². The van der Waals surface area contributed by atoms with Gasteiger partial charge in [-0.2, -0.15) is 4.31 Å². The fraction of sp³-hybridized carbons (Fsp3) is 0.238. The molecule has 0 aliphatic heterocycles. The first-order chi connectivity index (χ1) is 13.7. The number of benzene rings is 2. The van der Waals surface area contributed by atoms with E-state index >= 15 is 0 Å². The van der Waals surface area contributed by atoms with Crippen molar-refractivity contribution in [3.05, 3.63) is 75.9 Å². The average molecular weight is 414 g/mol. The number of ether oxygens (including phenoxy) is 1. The molecule has 2 rings (SSSR count). The number of nitro groups is 1. The highest BCUT2D eigenvalue weighted by Gasteiger charge is 2.23. The number of sulfonamides is 1. The van der Waals surface area contributed by atoms with Crippen LogP contribution in [0.2, 0.25) is 0 Å². The Morgan fingerprint density at radius 3 is 2.28 bits per heavy atom. The molecule has 0 fully saturated rings. The van der Waals surface area contributed by atoms with Crippen molar-refractivity contribution in [2.75, 3.05) is 20.2 Å². The molecule has 152 valence electrons. The third-order valence-corrected chi connectivity index (χ3v) is 5.79. The van der Waals surface area contributed by atoms with Gasteiger partial charge in [0.25, 0.3) is 5.69 Å². The summed E-state index contributed by atoms with van der Waals surface area (Å²) in [5.74, 6) is 6.54. The second-order valence-corrected chi connectivity index (χ2v) is 8.30. The van der Waals surface area contributed by atoms with Crippen LogP contribution in [0.5, 0.6) is 5.75 Å². The van der Waals surface area contributed by atoms with Crippen molar-refractivity contribution < 1.29 is 18.1 Å². The largest absolute Gasteiger partial charge is 0.497 e. The number of hydrogen-bond donors (Lipinski definition) is 0. The van der Waals surface area contributed by atoms with Crippen molar-refractivity contribution >= 4 is 15.7 Å². The number of allylic oxidation sites excluding steroid dienone is 1. The second-order valence-electron chi connectivity index (χ2n) is 6.36. The monoisotopic (exact) mass is 414 g/mol. The molecule has 0 aromatic heterocycles. The molecule has 0 amide bonds. The summed E-state index contributed by atoms with van der Waals surface area (Å²) in [6.45, 7) is 3.88. The summed E-state index contributed by atoms with van der Waals surface area (Å²) in [4.78, 5) is 10.2. The van der Waals surface area contributed by atoms with Gasteiger partial charge in [0.15, 0.2) is 0 Å². The zero-order valence-electron chi connectivity index (χ0n) is 16.5. The minimum absolute atomic E-state index is 0.0171. The predicted octanol–water partition coefficient (Wildman–Crippen LogP) is 3.61. The fourth-order valence-electron chi connectivity index (χ4n) is 2.33. The third kappa shape index (κ3) is 6.17. The molecule has 0 saturated heterocycles. The Morgan fingerprint density at radius 2 is 1.76 bits per heavy atom. The maximum atomic E-state index is 13.0. The van der Waals surface area contributed by atoms with Crippen LogP contribution in [0.25, 0.3) is 0 Å². The molecule has 29 heavy (non-hydrogen) atoms. The number of hydrogen-bond acceptors (Lipinski definition) is 5. The van der Waals surface area contributed by atoms with Crippen molar-refractivity contribution in [2.45, 2.75) is 18.7 Å². The first-order valence-corrected chi connectivity index (χ1v) is 10.2. The fourth-order valence-corrected chi connectivity index (χ4v) is 3.61. The van der Waals surface area contributed by atoms with Crippen LogP contribution in [0.4, 0.5) is 5.69 Å². The van der Waals surface area contributed by atoms with E-state index in [0.717, 1.165) is 11.1 Å². The molecule has 0 unspecified atom stereocenters. The van der Waals surface area contributed by atoms with E-state index in [1.165, 1.54) is 28.6 Å². The molecule has 2 aromatic carbocycles. The summed E-state index contributed by atoms with van der Waals surface area (Å²) >= 11 is 0. The maximum absolute atomic E-state index is 13.0. The summed E-state index contributed by atoms with van der Waals surface area (Å²) in [6, 6.07) is 12.0. The van der Waals surface area contributed by atoms with Crippen LogP contribution in [0.3, 0.4) is 0 Å². The number of nitro benzene ring substituents is 1. The summed E-state index contributed by atoms with van der Waals surface area (Å²) in [7, 11) is -2.29. The standard InChI is InChI=1S/C21H22N2O5S/c1-17(2)14-16-22(15-4-5-18-6-10-20(28-3)11-7-18)29(26,27)21-12-8-19(9-13-21)23(24)25/h6-14H,15-16H2,1-3H3. The average Bonchev–Trinajstić information content (AvgIpc) is 2.70. The van der Waals surface area contributed by atoms with Gasteiger partial charge in [0, 0.05) is 24.2 Å². The minimum Gasteiger partial charge on any atom is -0.497 e. The van der Waals surface area contributed by atoms with Gasteiger partial charge in [-0.1, -0.05) is 23.5 Å². The van der Waals surface area contributed by atoms with Crippen molar-refractivity contribution in [1.82, 2.24) is 4.31 Å². The van der Waals surface area contributed by atoms with E-state index in [9.17, 15) is 18.5 Å². The predicted molar refractivity (Wildman–Crippen MR) is 111 cm³/mol. The zero-order valence-corrected chi connectivity index (χ0v) is 17.3. The molecular weight excluding hydrogens is 392 g/mol. The van der Waals surface area contributed by atoms with Gasteiger partial charge in [-0.05, 0) is 50.2 Å². The maximum Gasteiger partial charge on any atom is 0.269 e. The van der Waals surface area contributed by atoms with Crippen LogP contribution >= 0.6 is 0 Å². The van der Waals surface area contributed by atoms with Crippen molar-refractivity contribution in [3.8, 4) is 17.6 Å².